The van der Waals surface area contributed by atoms with Gasteiger partial charge in [0.1, 0.15) is 55.1 Å². The fourth-order valence-corrected chi connectivity index (χ4v) is 8.32. The van der Waals surface area contributed by atoms with E-state index in [0.717, 1.165) is 31.6 Å². The summed E-state index contributed by atoms with van der Waals surface area (Å²) in [4.78, 5) is 0. The Morgan fingerprint density at radius 3 is 2.17 bits per heavy atom. The molecule has 0 aromatic heterocycles. The SMILES string of the molecule is CC12CC3CC(C1)C(NC1O[C@H](CO)[C@H](O[C@@H]4O[C@H](CO)[C@H](O)[C@H](O)[C@H]4O)[C@H](O)[C@H]1O)C(C)(C3)C2. The van der Waals surface area contributed by atoms with Gasteiger partial charge in [0.05, 0.1) is 13.2 Å². The van der Waals surface area contributed by atoms with Crippen LogP contribution < -0.4 is 5.32 Å². The molecule has 6 fully saturated rings. The van der Waals surface area contributed by atoms with Crippen LogP contribution in [-0.4, -0.2) is 116 Å². The van der Waals surface area contributed by atoms with Gasteiger partial charge in [0.15, 0.2) is 6.29 Å². The topological polar surface area (TPSA) is 181 Å². The molecule has 2 saturated heterocycles. The van der Waals surface area contributed by atoms with E-state index >= 15 is 0 Å². The smallest absolute Gasteiger partial charge is 0.187 e. The number of rotatable bonds is 6. The van der Waals surface area contributed by atoms with E-state index in [1.807, 2.05) is 0 Å². The van der Waals surface area contributed by atoms with Crippen LogP contribution in [0.4, 0.5) is 0 Å². The summed E-state index contributed by atoms with van der Waals surface area (Å²) >= 11 is 0. The normalized spacial score (nSPS) is 58.0. The molecule has 6 rings (SSSR count). The minimum atomic E-state index is -1.68. The summed E-state index contributed by atoms with van der Waals surface area (Å²) in [5.41, 5.74) is 0.410. The summed E-state index contributed by atoms with van der Waals surface area (Å²) in [5.74, 6) is 1.18. The van der Waals surface area contributed by atoms with Gasteiger partial charge in [0.25, 0.3) is 0 Å². The van der Waals surface area contributed by atoms with E-state index in [1.165, 1.54) is 6.42 Å². The second-order valence-electron chi connectivity index (χ2n) is 12.3. The van der Waals surface area contributed by atoms with E-state index < -0.39 is 74.6 Å². The lowest BCUT2D eigenvalue weighted by Gasteiger charge is -2.65. The molecule has 2 heterocycles. The molecule has 11 nitrogen and oxygen atoms in total. The highest BCUT2D eigenvalue weighted by Crippen LogP contribution is 2.65. The predicted octanol–water partition coefficient (Wildman–Crippen LogP) is -2.19. The number of ether oxygens (including phenoxy) is 3. The zero-order chi connectivity index (χ0) is 25.3. The van der Waals surface area contributed by atoms with Crippen LogP contribution in [0, 0.1) is 22.7 Å². The number of hydrogen-bond acceptors (Lipinski definition) is 11. The van der Waals surface area contributed by atoms with Gasteiger partial charge in [-0.15, -0.1) is 0 Å². The van der Waals surface area contributed by atoms with Crippen molar-refractivity contribution >= 4 is 0 Å². The van der Waals surface area contributed by atoms with E-state index in [2.05, 4.69) is 19.2 Å². The molecule has 4 bridgehead atoms. The standard InChI is InChI=1S/C24H41NO10/c1-23-4-10-3-11(6-23)20(24(2,5-10)9-23)25-21-17(31)16(30)19(13(8-27)33-21)35-22-18(32)15(29)14(28)12(7-26)34-22/h10-22,25-32H,3-9H2,1-2H3/t10?,11?,12-,13-,14+,15+,16-,17-,18-,19+,20?,21?,22+,23?,24?/m1/s1. The fourth-order valence-electron chi connectivity index (χ4n) is 8.32. The minimum absolute atomic E-state index is 0.0608. The minimum Gasteiger partial charge on any atom is -0.394 e. The van der Waals surface area contributed by atoms with Crippen molar-refractivity contribution in [3.05, 3.63) is 0 Å². The van der Waals surface area contributed by atoms with Crippen molar-refractivity contribution in [2.24, 2.45) is 22.7 Å². The first-order chi connectivity index (χ1) is 16.5. The largest absolute Gasteiger partial charge is 0.394 e. The lowest BCUT2D eigenvalue weighted by atomic mass is 9.43. The van der Waals surface area contributed by atoms with Gasteiger partial charge in [-0.2, -0.15) is 0 Å². The molecule has 202 valence electrons. The second kappa shape index (κ2) is 9.39. The maximum Gasteiger partial charge on any atom is 0.187 e. The molecule has 15 atom stereocenters. The Labute approximate surface area is 205 Å². The third kappa shape index (κ3) is 4.46. The van der Waals surface area contributed by atoms with Crippen LogP contribution in [0.3, 0.4) is 0 Å². The Morgan fingerprint density at radius 2 is 1.54 bits per heavy atom. The van der Waals surface area contributed by atoms with Gasteiger partial charge in [-0.3, -0.25) is 5.32 Å². The quantitative estimate of drug-likeness (QED) is 0.197. The molecule has 4 saturated carbocycles. The first-order valence-electron chi connectivity index (χ1n) is 12.8. The Bertz CT molecular complexity index is 771. The summed E-state index contributed by atoms with van der Waals surface area (Å²) in [6, 6.07) is 0.112. The van der Waals surface area contributed by atoms with E-state index in [4.69, 9.17) is 14.2 Å². The van der Waals surface area contributed by atoms with Crippen LogP contribution in [0.5, 0.6) is 0 Å². The van der Waals surface area contributed by atoms with Crippen molar-refractivity contribution in [2.75, 3.05) is 13.2 Å². The van der Waals surface area contributed by atoms with Crippen molar-refractivity contribution in [1.29, 1.82) is 0 Å². The van der Waals surface area contributed by atoms with Crippen LogP contribution in [-0.2, 0) is 14.2 Å². The summed E-state index contributed by atoms with van der Waals surface area (Å²) in [6.07, 6.45) is -8.00. The average molecular weight is 504 g/mol. The maximum absolute atomic E-state index is 11.0. The first kappa shape index (κ1) is 26.2. The average Bonchev–Trinajstić information content (AvgIpc) is 2.79. The Kier molecular flexibility index (Phi) is 7.02. The molecular weight excluding hydrogens is 462 g/mol. The molecule has 0 aromatic rings. The second-order valence-corrected chi connectivity index (χ2v) is 12.3. The van der Waals surface area contributed by atoms with E-state index in [0.29, 0.717) is 11.3 Å². The monoisotopic (exact) mass is 503 g/mol. The summed E-state index contributed by atoms with van der Waals surface area (Å²) < 4.78 is 17.0. The van der Waals surface area contributed by atoms with Gasteiger partial charge < -0.3 is 50.0 Å². The van der Waals surface area contributed by atoms with E-state index in [9.17, 15) is 35.7 Å². The molecule has 0 amide bonds. The maximum atomic E-state index is 11.0. The van der Waals surface area contributed by atoms with Gasteiger partial charge in [0, 0.05) is 6.04 Å². The summed E-state index contributed by atoms with van der Waals surface area (Å²) in [6.45, 7) is 3.50. The van der Waals surface area contributed by atoms with Crippen LogP contribution >= 0.6 is 0 Å². The highest BCUT2D eigenvalue weighted by Gasteiger charge is 2.60. The predicted molar refractivity (Wildman–Crippen MR) is 120 cm³/mol. The zero-order valence-electron chi connectivity index (χ0n) is 20.3. The number of hydrogen-bond donors (Lipinski definition) is 8. The summed E-state index contributed by atoms with van der Waals surface area (Å²) in [7, 11) is 0. The molecule has 0 radical (unpaired) electrons. The van der Waals surface area contributed by atoms with Crippen molar-refractivity contribution < 1.29 is 50.0 Å². The van der Waals surface area contributed by atoms with Crippen LogP contribution in [0.25, 0.3) is 0 Å². The fraction of sp³-hybridized carbons (Fsp3) is 1.00. The number of aliphatic hydroxyl groups is 7. The van der Waals surface area contributed by atoms with Gasteiger partial charge >= 0.3 is 0 Å². The van der Waals surface area contributed by atoms with Gasteiger partial charge in [-0.05, 0) is 54.8 Å². The summed E-state index contributed by atoms with van der Waals surface area (Å²) in [5, 5.41) is 75.1. The van der Waals surface area contributed by atoms with Crippen molar-refractivity contribution in [3.63, 3.8) is 0 Å². The van der Waals surface area contributed by atoms with Gasteiger partial charge in [0.2, 0.25) is 0 Å². The van der Waals surface area contributed by atoms with Crippen LogP contribution in [0.2, 0.25) is 0 Å². The van der Waals surface area contributed by atoms with Gasteiger partial charge in [-0.25, -0.2) is 0 Å². The highest BCUT2D eigenvalue weighted by atomic mass is 16.7. The van der Waals surface area contributed by atoms with E-state index in [1.54, 1.807) is 0 Å². The molecule has 11 heteroatoms. The van der Waals surface area contributed by atoms with Crippen molar-refractivity contribution in [3.8, 4) is 0 Å². The third-order valence-electron chi connectivity index (χ3n) is 9.33. The van der Waals surface area contributed by atoms with Gasteiger partial charge in [-0.1, -0.05) is 13.8 Å². The lowest BCUT2D eigenvalue weighted by Crippen LogP contribution is -2.70. The lowest BCUT2D eigenvalue weighted by molar-refractivity contribution is -0.344. The molecule has 8 N–H and O–H groups in total. The first-order valence-corrected chi connectivity index (χ1v) is 12.8. The van der Waals surface area contributed by atoms with E-state index in [-0.39, 0.29) is 11.5 Å². The molecule has 0 spiro atoms. The Hall–Kier alpha value is -0.440. The van der Waals surface area contributed by atoms with Crippen molar-refractivity contribution in [1.82, 2.24) is 5.32 Å². The molecular formula is C24H41NO10. The van der Waals surface area contributed by atoms with Crippen LogP contribution in [0.1, 0.15) is 46.0 Å². The highest BCUT2D eigenvalue weighted by molar-refractivity contribution is 5.12. The number of nitrogens with one attached hydrogen (secondary N) is 1. The Morgan fingerprint density at radius 1 is 0.829 bits per heavy atom. The third-order valence-corrected chi connectivity index (χ3v) is 9.33. The molecule has 2 aliphatic heterocycles. The molecule has 0 aromatic carbocycles. The Balaban J connectivity index is 1.28. The zero-order valence-corrected chi connectivity index (χ0v) is 20.3. The molecule has 6 aliphatic rings. The molecule has 4 aliphatic carbocycles. The number of aliphatic hydroxyl groups excluding tert-OH is 7. The van der Waals surface area contributed by atoms with Crippen molar-refractivity contribution in [2.45, 2.75) is 113 Å². The molecule has 6 unspecified atom stereocenters. The van der Waals surface area contributed by atoms with Crippen LogP contribution in [0.15, 0.2) is 0 Å². The molecule has 35 heavy (non-hydrogen) atoms.